The molecular formula is C24H25F3N4O3S. The Kier molecular flexibility index (Phi) is 6.58. The molecule has 0 radical (unpaired) electrons. The molecule has 0 bridgehead atoms. The molecule has 35 heavy (non-hydrogen) atoms. The molecule has 2 aromatic heterocycles. The maximum absolute atomic E-state index is 13.0. The minimum absolute atomic E-state index is 0.164. The number of rotatable bonds is 5. The molecule has 1 saturated carbocycles. The number of carboxylic acid groups (broad SMARTS) is 1. The first kappa shape index (κ1) is 25.1. The van der Waals surface area contributed by atoms with Crippen molar-refractivity contribution in [2.24, 2.45) is 11.3 Å². The standard InChI is InChI=1S/C24H25F3N4O3S/c1-12-6-13(8-14(7-12)30-22-28-5-4-19(31-22)24(25,26)27)18-11-29-20(35-18)15-10-23(2,3)16(21(33)34)9-17(15)32/h4-8,11,15-17,32H,9-10H2,1-3H3,(H,33,34)(H,28,30,31). The number of alkyl halides is 3. The van der Waals surface area contributed by atoms with Crippen LogP contribution in [-0.4, -0.2) is 37.2 Å². The molecule has 4 rings (SSSR count). The van der Waals surface area contributed by atoms with Gasteiger partial charge in [0.05, 0.1) is 21.9 Å². The third-order valence-electron chi connectivity index (χ3n) is 6.33. The first-order valence-electron chi connectivity index (χ1n) is 11.0. The predicted molar refractivity (Wildman–Crippen MR) is 125 cm³/mol. The topological polar surface area (TPSA) is 108 Å². The summed E-state index contributed by atoms with van der Waals surface area (Å²) in [5.74, 6) is -1.98. The van der Waals surface area contributed by atoms with Crippen molar-refractivity contribution in [3.05, 3.63) is 52.9 Å². The van der Waals surface area contributed by atoms with Gasteiger partial charge in [0.25, 0.3) is 0 Å². The van der Waals surface area contributed by atoms with Gasteiger partial charge in [-0.05, 0) is 54.5 Å². The molecule has 3 atom stereocenters. The summed E-state index contributed by atoms with van der Waals surface area (Å²) in [6.45, 7) is 5.66. The molecule has 2 heterocycles. The van der Waals surface area contributed by atoms with Gasteiger partial charge < -0.3 is 15.5 Å². The van der Waals surface area contributed by atoms with Gasteiger partial charge in [-0.15, -0.1) is 11.3 Å². The van der Waals surface area contributed by atoms with Crippen molar-refractivity contribution in [2.45, 2.75) is 51.8 Å². The summed E-state index contributed by atoms with van der Waals surface area (Å²) < 4.78 is 38.9. The zero-order chi connectivity index (χ0) is 25.5. The molecule has 186 valence electrons. The SMILES string of the molecule is Cc1cc(Nc2nccc(C(F)(F)F)n2)cc(-c2cnc(C3CC(C)(C)C(C(=O)O)CC3O)s2)c1. The summed E-state index contributed by atoms with van der Waals surface area (Å²) in [6.07, 6.45) is -1.98. The second-order valence-electron chi connectivity index (χ2n) is 9.53. The van der Waals surface area contributed by atoms with Crippen LogP contribution in [-0.2, 0) is 11.0 Å². The van der Waals surface area contributed by atoms with Gasteiger partial charge in [-0.1, -0.05) is 19.9 Å². The average Bonchev–Trinajstić information content (AvgIpc) is 3.24. The molecule has 1 aromatic carbocycles. The molecule has 1 aliphatic rings. The van der Waals surface area contributed by atoms with Crippen LogP contribution in [0, 0.1) is 18.3 Å². The van der Waals surface area contributed by atoms with Crippen LogP contribution in [0.3, 0.4) is 0 Å². The number of halogens is 3. The van der Waals surface area contributed by atoms with E-state index in [9.17, 15) is 28.2 Å². The fraction of sp³-hybridized carbons (Fsp3) is 0.417. The number of aliphatic carboxylic acids is 1. The van der Waals surface area contributed by atoms with Gasteiger partial charge in [-0.25, -0.2) is 15.0 Å². The Hall–Kier alpha value is -3.05. The Morgan fingerprint density at radius 2 is 1.97 bits per heavy atom. The first-order valence-corrected chi connectivity index (χ1v) is 11.8. The number of benzene rings is 1. The van der Waals surface area contributed by atoms with Gasteiger partial charge in [-0.2, -0.15) is 13.2 Å². The normalized spacial score (nSPS) is 22.1. The lowest BCUT2D eigenvalue weighted by Gasteiger charge is -2.42. The number of aliphatic hydroxyl groups excluding tert-OH is 1. The van der Waals surface area contributed by atoms with E-state index < -0.39 is 35.3 Å². The van der Waals surface area contributed by atoms with Crippen LogP contribution < -0.4 is 5.32 Å². The lowest BCUT2D eigenvalue weighted by Crippen LogP contribution is -2.42. The summed E-state index contributed by atoms with van der Waals surface area (Å²) in [7, 11) is 0. The van der Waals surface area contributed by atoms with E-state index in [0.717, 1.165) is 33.3 Å². The zero-order valence-corrected chi connectivity index (χ0v) is 20.1. The summed E-state index contributed by atoms with van der Waals surface area (Å²) in [5.41, 5.74) is 0.671. The van der Waals surface area contributed by atoms with Crippen LogP contribution in [0.15, 0.2) is 36.7 Å². The molecule has 0 aliphatic heterocycles. The second-order valence-corrected chi connectivity index (χ2v) is 10.6. The van der Waals surface area contributed by atoms with Crippen molar-refractivity contribution in [1.29, 1.82) is 0 Å². The number of aliphatic hydroxyl groups is 1. The third kappa shape index (κ3) is 5.46. The summed E-state index contributed by atoms with van der Waals surface area (Å²) in [5, 5.41) is 23.8. The van der Waals surface area contributed by atoms with Crippen molar-refractivity contribution in [3.63, 3.8) is 0 Å². The van der Waals surface area contributed by atoms with Crippen LogP contribution in [0.4, 0.5) is 24.8 Å². The van der Waals surface area contributed by atoms with E-state index in [-0.39, 0.29) is 18.3 Å². The minimum Gasteiger partial charge on any atom is -0.481 e. The first-order chi connectivity index (χ1) is 16.3. The predicted octanol–water partition coefficient (Wildman–Crippen LogP) is 5.64. The molecule has 0 saturated heterocycles. The molecule has 3 aromatic rings. The molecular weight excluding hydrogens is 481 g/mol. The van der Waals surface area contributed by atoms with Crippen LogP contribution in [0.5, 0.6) is 0 Å². The Bertz CT molecular complexity index is 1240. The van der Waals surface area contributed by atoms with Crippen molar-refractivity contribution in [1.82, 2.24) is 15.0 Å². The van der Waals surface area contributed by atoms with E-state index in [0.29, 0.717) is 12.1 Å². The van der Waals surface area contributed by atoms with E-state index in [1.54, 1.807) is 18.3 Å². The number of anilines is 2. The molecule has 7 nitrogen and oxygen atoms in total. The molecule has 11 heteroatoms. The van der Waals surface area contributed by atoms with E-state index in [1.807, 2.05) is 26.8 Å². The largest absolute Gasteiger partial charge is 0.481 e. The van der Waals surface area contributed by atoms with E-state index in [4.69, 9.17) is 0 Å². The molecule has 0 spiro atoms. The number of nitrogens with zero attached hydrogens (tertiary/aromatic N) is 3. The van der Waals surface area contributed by atoms with Crippen LogP contribution in [0.25, 0.3) is 10.4 Å². The Morgan fingerprint density at radius 1 is 1.23 bits per heavy atom. The Labute approximate surface area is 204 Å². The Morgan fingerprint density at radius 3 is 2.66 bits per heavy atom. The number of aromatic nitrogens is 3. The van der Waals surface area contributed by atoms with Crippen LogP contribution in [0.2, 0.25) is 0 Å². The number of thiazole rings is 1. The van der Waals surface area contributed by atoms with Gasteiger partial charge in [0.1, 0.15) is 5.69 Å². The lowest BCUT2D eigenvalue weighted by molar-refractivity contribution is -0.151. The quantitative estimate of drug-likeness (QED) is 0.411. The van der Waals surface area contributed by atoms with E-state index in [1.165, 1.54) is 11.3 Å². The third-order valence-corrected chi connectivity index (χ3v) is 7.51. The molecule has 3 N–H and O–H groups in total. The van der Waals surface area contributed by atoms with Crippen molar-refractivity contribution in [3.8, 4) is 10.4 Å². The summed E-state index contributed by atoms with van der Waals surface area (Å²) in [4.78, 5) is 24.4. The van der Waals surface area contributed by atoms with E-state index >= 15 is 0 Å². The molecule has 1 aliphatic carbocycles. The van der Waals surface area contributed by atoms with Crippen molar-refractivity contribution in [2.75, 3.05) is 5.32 Å². The summed E-state index contributed by atoms with van der Waals surface area (Å²) >= 11 is 1.41. The fourth-order valence-corrected chi connectivity index (χ4v) is 5.62. The number of nitrogens with one attached hydrogen (secondary N) is 1. The Balaban J connectivity index is 1.58. The van der Waals surface area contributed by atoms with Crippen LogP contribution in [0.1, 0.15) is 48.9 Å². The van der Waals surface area contributed by atoms with Gasteiger partial charge in [0, 0.05) is 24.0 Å². The van der Waals surface area contributed by atoms with Gasteiger partial charge in [0.2, 0.25) is 5.95 Å². The number of carbonyl (C=O) groups is 1. The number of hydrogen-bond donors (Lipinski definition) is 3. The minimum atomic E-state index is -4.57. The maximum Gasteiger partial charge on any atom is 0.433 e. The second kappa shape index (κ2) is 9.19. The van der Waals surface area contributed by atoms with Crippen LogP contribution >= 0.6 is 11.3 Å². The van der Waals surface area contributed by atoms with Gasteiger partial charge in [-0.3, -0.25) is 4.79 Å². The lowest BCUT2D eigenvalue weighted by atomic mass is 9.64. The number of hydrogen-bond acceptors (Lipinski definition) is 7. The highest BCUT2D eigenvalue weighted by Gasteiger charge is 2.46. The van der Waals surface area contributed by atoms with E-state index in [2.05, 4.69) is 20.3 Å². The highest BCUT2D eigenvalue weighted by Crippen LogP contribution is 2.48. The molecule has 1 fully saturated rings. The highest BCUT2D eigenvalue weighted by atomic mass is 32.1. The van der Waals surface area contributed by atoms with Crippen molar-refractivity contribution < 1.29 is 28.2 Å². The molecule has 3 unspecified atom stereocenters. The maximum atomic E-state index is 13.0. The monoisotopic (exact) mass is 506 g/mol. The fourth-order valence-electron chi connectivity index (χ4n) is 4.55. The number of aryl methyl sites for hydroxylation is 1. The van der Waals surface area contributed by atoms with Crippen molar-refractivity contribution >= 4 is 28.9 Å². The number of carboxylic acids is 1. The molecule has 0 amide bonds. The van der Waals surface area contributed by atoms with Gasteiger partial charge >= 0.3 is 12.1 Å². The average molecular weight is 507 g/mol. The zero-order valence-electron chi connectivity index (χ0n) is 19.3. The summed E-state index contributed by atoms with van der Waals surface area (Å²) in [6, 6.07) is 6.28. The van der Waals surface area contributed by atoms with Gasteiger partial charge in [0.15, 0.2) is 0 Å². The highest BCUT2D eigenvalue weighted by molar-refractivity contribution is 7.15. The smallest absolute Gasteiger partial charge is 0.433 e.